The van der Waals surface area contributed by atoms with Gasteiger partial charge in [0.05, 0.1) is 11.1 Å². The number of imide groups is 1. The van der Waals surface area contributed by atoms with E-state index in [9.17, 15) is 14.4 Å². The van der Waals surface area contributed by atoms with Gasteiger partial charge in [0.2, 0.25) is 17.7 Å². The Labute approximate surface area is 133 Å². The average Bonchev–Trinajstić information content (AvgIpc) is 3.06. The molecule has 22 heavy (non-hydrogen) atoms. The zero-order valence-electron chi connectivity index (χ0n) is 12.1. The van der Waals surface area contributed by atoms with Crippen LogP contribution in [-0.4, -0.2) is 23.6 Å². The van der Waals surface area contributed by atoms with Gasteiger partial charge in [-0.05, 0) is 31.0 Å². The van der Waals surface area contributed by atoms with Gasteiger partial charge in [-0.2, -0.15) is 0 Å². The maximum Gasteiger partial charge on any atom is 0.240 e. The molecule has 5 nitrogen and oxygen atoms in total. The van der Waals surface area contributed by atoms with Crippen molar-refractivity contribution >= 4 is 40.7 Å². The smallest absolute Gasteiger partial charge is 0.240 e. The van der Waals surface area contributed by atoms with Crippen LogP contribution in [0.3, 0.4) is 0 Å². The molecule has 1 heterocycles. The zero-order chi connectivity index (χ0) is 15.7. The number of halogens is 1. The van der Waals surface area contributed by atoms with Gasteiger partial charge in [-0.1, -0.05) is 18.9 Å². The van der Waals surface area contributed by atoms with Crippen LogP contribution in [-0.2, 0) is 14.4 Å². The van der Waals surface area contributed by atoms with Crippen LogP contribution in [0, 0.1) is 5.41 Å². The maximum atomic E-state index is 12.7. The molecule has 116 valence electrons. The van der Waals surface area contributed by atoms with E-state index in [0.717, 1.165) is 25.7 Å². The van der Waals surface area contributed by atoms with Crippen LogP contribution in [0.2, 0.25) is 0 Å². The Hall–Kier alpha value is -1.88. The van der Waals surface area contributed by atoms with Crippen molar-refractivity contribution in [3.05, 3.63) is 24.3 Å². The lowest BCUT2D eigenvalue weighted by atomic mass is 9.84. The van der Waals surface area contributed by atoms with Crippen molar-refractivity contribution < 1.29 is 14.4 Å². The van der Waals surface area contributed by atoms with Crippen molar-refractivity contribution in [3.8, 4) is 0 Å². The van der Waals surface area contributed by atoms with E-state index in [-0.39, 0.29) is 23.6 Å². The third-order valence-electron chi connectivity index (χ3n) is 4.47. The minimum Gasteiger partial charge on any atom is -0.325 e. The van der Waals surface area contributed by atoms with Crippen molar-refractivity contribution in [2.45, 2.75) is 32.1 Å². The van der Waals surface area contributed by atoms with Crippen LogP contribution in [0.4, 0.5) is 11.4 Å². The van der Waals surface area contributed by atoms with Crippen molar-refractivity contribution in [3.63, 3.8) is 0 Å². The molecule has 6 heteroatoms. The molecule has 0 radical (unpaired) electrons. The molecule has 1 N–H and O–H groups in total. The molecular weight excluding hydrogens is 304 g/mol. The Bertz CT molecular complexity index is 638. The summed E-state index contributed by atoms with van der Waals surface area (Å²) in [6, 6.07) is 6.75. The van der Waals surface area contributed by atoms with Crippen molar-refractivity contribution in [1.82, 2.24) is 0 Å². The molecule has 2 aliphatic rings. The normalized spacial score (nSPS) is 20.0. The number of carbonyl (C=O) groups excluding carboxylic acids is 3. The summed E-state index contributed by atoms with van der Waals surface area (Å²) in [6.07, 6.45) is 3.87. The second-order valence-corrected chi connectivity index (χ2v) is 6.20. The molecule has 1 aliphatic carbocycles. The van der Waals surface area contributed by atoms with Gasteiger partial charge in [-0.15, -0.1) is 11.6 Å². The topological polar surface area (TPSA) is 66.5 Å². The summed E-state index contributed by atoms with van der Waals surface area (Å²) in [4.78, 5) is 37.7. The fourth-order valence-corrected chi connectivity index (χ4v) is 3.48. The molecule has 1 saturated carbocycles. The largest absolute Gasteiger partial charge is 0.325 e. The van der Waals surface area contributed by atoms with E-state index in [1.165, 1.54) is 4.90 Å². The van der Waals surface area contributed by atoms with Gasteiger partial charge in [0.1, 0.15) is 5.88 Å². The number of benzene rings is 1. The van der Waals surface area contributed by atoms with Gasteiger partial charge >= 0.3 is 0 Å². The summed E-state index contributed by atoms with van der Waals surface area (Å²) in [5, 5.41) is 2.63. The molecule has 1 aliphatic heterocycles. The molecule has 0 atom stereocenters. The summed E-state index contributed by atoms with van der Waals surface area (Å²) in [7, 11) is 0. The molecule has 0 bridgehead atoms. The summed E-state index contributed by atoms with van der Waals surface area (Å²) in [5.41, 5.74) is 0.536. The molecule has 0 aromatic heterocycles. The van der Waals surface area contributed by atoms with Crippen LogP contribution in [0.1, 0.15) is 32.1 Å². The third-order valence-corrected chi connectivity index (χ3v) is 4.71. The SMILES string of the molecule is O=C(CCl)Nc1cccc(N2C(=O)CC3(CCCC3)C2=O)c1. The summed E-state index contributed by atoms with van der Waals surface area (Å²) < 4.78 is 0. The highest BCUT2D eigenvalue weighted by molar-refractivity contribution is 6.29. The van der Waals surface area contributed by atoms with Gasteiger partial charge in [-0.25, -0.2) is 4.90 Å². The minimum absolute atomic E-state index is 0.101. The maximum absolute atomic E-state index is 12.7. The number of carbonyl (C=O) groups is 3. The summed E-state index contributed by atoms with van der Waals surface area (Å²) >= 11 is 5.47. The Morgan fingerprint density at radius 2 is 2.00 bits per heavy atom. The Kier molecular flexibility index (Phi) is 3.91. The molecule has 1 aromatic rings. The zero-order valence-corrected chi connectivity index (χ0v) is 12.9. The number of anilines is 2. The molecule has 3 rings (SSSR count). The van der Waals surface area contributed by atoms with E-state index < -0.39 is 5.41 Å². The predicted molar refractivity (Wildman–Crippen MR) is 83.8 cm³/mol. The molecule has 1 saturated heterocycles. The fourth-order valence-electron chi connectivity index (χ4n) is 3.42. The summed E-state index contributed by atoms with van der Waals surface area (Å²) in [6.45, 7) is 0. The molecule has 3 amide bonds. The van der Waals surface area contributed by atoms with Crippen molar-refractivity contribution in [1.29, 1.82) is 0 Å². The fraction of sp³-hybridized carbons (Fsp3) is 0.438. The number of amides is 3. The monoisotopic (exact) mass is 320 g/mol. The number of hydrogen-bond acceptors (Lipinski definition) is 3. The second kappa shape index (κ2) is 5.72. The number of nitrogens with one attached hydrogen (secondary N) is 1. The Balaban J connectivity index is 1.87. The second-order valence-electron chi connectivity index (χ2n) is 5.93. The minimum atomic E-state index is -0.494. The summed E-state index contributed by atoms with van der Waals surface area (Å²) in [5.74, 6) is -0.733. The first-order valence-electron chi connectivity index (χ1n) is 7.39. The Morgan fingerprint density at radius 3 is 2.68 bits per heavy atom. The lowest BCUT2D eigenvalue weighted by molar-refractivity contribution is -0.125. The Morgan fingerprint density at radius 1 is 1.27 bits per heavy atom. The molecule has 2 fully saturated rings. The number of alkyl halides is 1. The molecule has 1 spiro atoms. The van der Waals surface area contributed by atoms with E-state index in [2.05, 4.69) is 5.32 Å². The molecule has 0 unspecified atom stereocenters. The van der Waals surface area contributed by atoms with E-state index >= 15 is 0 Å². The van der Waals surface area contributed by atoms with Gasteiger partial charge in [0.25, 0.3) is 0 Å². The van der Waals surface area contributed by atoms with Gasteiger partial charge < -0.3 is 5.32 Å². The predicted octanol–water partition coefficient (Wildman–Crippen LogP) is 2.69. The van der Waals surface area contributed by atoms with Gasteiger partial charge in [0, 0.05) is 12.1 Å². The highest BCUT2D eigenvalue weighted by Crippen LogP contribution is 2.48. The quantitative estimate of drug-likeness (QED) is 0.688. The lowest BCUT2D eigenvalue weighted by Gasteiger charge is -2.21. The van der Waals surface area contributed by atoms with Crippen LogP contribution in [0.5, 0.6) is 0 Å². The number of hydrogen-bond donors (Lipinski definition) is 1. The first-order chi connectivity index (χ1) is 10.6. The highest BCUT2D eigenvalue weighted by Gasteiger charge is 2.53. The van der Waals surface area contributed by atoms with Crippen LogP contribution >= 0.6 is 11.6 Å². The van der Waals surface area contributed by atoms with E-state index in [1.807, 2.05) is 0 Å². The lowest BCUT2D eigenvalue weighted by Crippen LogP contribution is -2.34. The van der Waals surface area contributed by atoms with Crippen LogP contribution < -0.4 is 10.2 Å². The van der Waals surface area contributed by atoms with Gasteiger partial charge in [-0.3, -0.25) is 14.4 Å². The van der Waals surface area contributed by atoms with Crippen molar-refractivity contribution in [2.24, 2.45) is 5.41 Å². The third kappa shape index (κ3) is 2.50. The standard InChI is InChI=1S/C16H17ClN2O3/c17-10-13(20)18-11-4-3-5-12(8-11)19-14(21)9-16(15(19)22)6-1-2-7-16/h3-5,8H,1-2,6-7,9-10H2,(H,18,20). The van der Waals surface area contributed by atoms with E-state index in [0.29, 0.717) is 17.8 Å². The number of rotatable bonds is 3. The van der Waals surface area contributed by atoms with Crippen LogP contribution in [0.15, 0.2) is 24.3 Å². The first kappa shape index (κ1) is 15.0. The van der Waals surface area contributed by atoms with Crippen LogP contribution in [0.25, 0.3) is 0 Å². The van der Waals surface area contributed by atoms with Crippen molar-refractivity contribution in [2.75, 3.05) is 16.1 Å². The molecular formula is C16H17ClN2O3. The number of nitrogens with zero attached hydrogens (tertiary/aromatic N) is 1. The highest BCUT2D eigenvalue weighted by atomic mass is 35.5. The molecule has 1 aromatic carbocycles. The average molecular weight is 321 g/mol. The van der Waals surface area contributed by atoms with E-state index in [1.54, 1.807) is 24.3 Å². The first-order valence-corrected chi connectivity index (χ1v) is 7.92. The van der Waals surface area contributed by atoms with E-state index in [4.69, 9.17) is 11.6 Å². The van der Waals surface area contributed by atoms with Gasteiger partial charge in [0.15, 0.2) is 0 Å².